The van der Waals surface area contributed by atoms with Crippen LogP contribution in [0.1, 0.15) is 28.8 Å². The fourth-order valence-corrected chi connectivity index (χ4v) is 2.86. The number of hydrogen-bond donors (Lipinski definition) is 0. The second kappa shape index (κ2) is 5.36. The minimum Gasteiger partial charge on any atom is -0.469 e. The molecule has 0 aliphatic carbocycles. The minimum absolute atomic E-state index is 0.171. The Hall–Kier alpha value is -1.29. The molecule has 2 rings (SSSR count). The Bertz CT molecular complexity index is 454. The highest BCUT2D eigenvalue weighted by Crippen LogP contribution is 2.30. The molecule has 0 atom stereocenters. The third-order valence-electron chi connectivity index (χ3n) is 2.76. The molecule has 0 unspecified atom stereocenters. The van der Waals surface area contributed by atoms with Crippen molar-refractivity contribution in [2.45, 2.75) is 24.2 Å². The number of esters is 1. The van der Waals surface area contributed by atoms with E-state index in [0.29, 0.717) is 5.56 Å². The van der Waals surface area contributed by atoms with E-state index in [4.69, 9.17) is 0 Å². The van der Waals surface area contributed by atoms with Gasteiger partial charge in [-0.1, -0.05) is 6.07 Å². The van der Waals surface area contributed by atoms with Crippen LogP contribution >= 0.6 is 11.8 Å². The molecule has 0 bridgehead atoms. The monoisotopic (exact) mass is 250 g/mol. The molecule has 1 aliphatic heterocycles. The van der Waals surface area contributed by atoms with Gasteiger partial charge in [-0.2, -0.15) is 0 Å². The molecule has 17 heavy (non-hydrogen) atoms. The van der Waals surface area contributed by atoms with E-state index in [0.717, 1.165) is 18.6 Å². The summed E-state index contributed by atoms with van der Waals surface area (Å²) in [6.45, 7) is 0. The average Bonchev–Trinajstić information content (AvgIpc) is 2.38. The van der Waals surface area contributed by atoms with Gasteiger partial charge < -0.3 is 4.74 Å². The number of carbonyl (C=O) groups excluding carboxylic acids is 2. The van der Waals surface area contributed by atoms with Crippen LogP contribution in [0, 0.1) is 0 Å². The number of hydrogen-bond acceptors (Lipinski definition) is 4. The van der Waals surface area contributed by atoms with Gasteiger partial charge in [-0.25, -0.2) is 0 Å². The van der Waals surface area contributed by atoms with Crippen LogP contribution in [0.3, 0.4) is 0 Å². The van der Waals surface area contributed by atoms with Gasteiger partial charge in [0.05, 0.1) is 7.11 Å². The van der Waals surface area contributed by atoms with Gasteiger partial charge in [0.2, 0.25) is 0 Å². The molecule has 0 saturated carbocycles. The molecule has 0 radical (unpaired) electrons. The van der Waals surface area contributed by atoms with E-state index in [9.17, 15) is 9.59 Å². The van der Waals surface area contributed by atoms with Gasteiger partial charge >= 0.3 is 5.97 Å². The molecule has 1 aromatic rings. The van der Waals surface area contributed by atoms with Crippen molar-refractivity contribution in [2.75, 3.05) is 12.9 Å². The van der Waals surface area contributed by atoms with E-state index >= 15 is 0 Å². The summed E-state index contributed by atoms with van der Waals surface area (Å²) in [6.07, 6.45) is 1.98. The molecule has 1 heterocycles. The molecule has 4 heteroatoms. The van der Waals surface area contributed by atoms with Crippen molar-refractivity contribution < 1.29 is 14.3 Å². The second-order valence-electron chi connectivity index (χ2n) is 3.95. The number of methoxy groups -OCH3 is 1. The molecule has 0 fully saturated rings. The lowest BCUT2D eigenvalue weighted by atomic mass is 10.0. The number of aryl methyl sites for hydroxylation is 1. The van der Waals surface area contributed by atoms with E-state index in [1.165, 1.54) is 17.6 Å². The Morgan fingerprint density at radius 1 is 1.41 bits per heavy atom. The summed E-state index contributed by atoms with van der Waals surface area (Å²) in [5.41, 5.74) is 1.83. The number of thioether (sulfide) groups is 1. The average molecular weight is 250 g/mol. The zero-order chi connectivity index (χ0) is 12.3. The van der Waals surface area contributed by atoms with Gasteiger partial charge in [0.15, 0.2) is 5.78 Å². The number of ether oxygens (including phenoxy) is 1. The van der Waals surface area contributed by atoms with E-state index in [2.05, 4.69) is 4.74 Å². The number of fused-ring (bicyclic) bond motifs is 1. The quantitative estimate of drug-likeness (QED) is 0.469. The first-order chi connectivity index (χ1) is 8.20. The molecule has 1 aromatic carbocycles. The number of rotatable bonds is 3. The highest BCUT2D eigenvalue weighted by Gasteiger charge is 2.15. The summed E-state index contributed by atoms with van der Waals surface area (Å²) in [7, 11) is 1.29. The van der Waals surface area contributed by atoms with Crippen LogP contribution in [0.25, 0.3) is 0 Å². The number of benzene rings is 1. The van der Waals surface area contributed by atoms with Gasteiger partial charge in [-0.15, -0.1) is 11.8 Å². The highest BCUT2D eigenvalue weighted by molar-refractivity contribution is 7.99. The van der Waals surface area contributed by atoms with Gasteiger partial charge in [0, 0.05) is 10.5 Å². The number of carbonyl (C=O) groups is 2. The van der Waals surface area contributed by atoms with Crippen molar-refractivity contribution in [3.05, 3.63) is 29.3 Å². The first-order valence-corrected chi connectivity index (χ1v) is 6.55. The molecular formula is C13H14O3S. The lowest BCUT2D eigenvalue weighted by Crippen LogP contribution is -2.10. The summed E-state index contributed by atoms with van der Waals surface area (Å²) in [5.74, 6) is 0.486. The Balaban J connectivity index is 2.16. The molecule has 1 aliphatic rings. The predicted octanol–water partition coefficient (Wildman–Crippen LogP) is 2.47. The van der Waals surface area contributed by atoms with Crippen molar-refractivity contribution in [3.63, 3.8) is 0 Å². The van der Waals surface area contributed by atoms with Crippen molar-refractivity contribution in [1.82, 2.24) is 0 Å². The summed E-state index contributed by atoms with van der Waals surface area (Å²) >= 11 is 1.82. The van der Waals surface area contributed by atoms with Gasteiger partial charge in [0.1, 0.15) is 6.42 Å². The second-order valence-corrected chi connectivity index (χ2v) is 5.09. The third kappa shape index (κ3) is 2.88. The molecule has 0 amide bonds. The van der Waals surface area contributed by atoms with Crippen LogP contribution in [-0.2, 0) is 16.0 Å². The Morgan fingerprint density at radius 3 is 3.00 bits per heavy atom. The first kappa shape index (κ1) is 12.2. The standard InChI is InChI=1S/C13H14O3S/c1-16-13(15)8-11(14)9-4-5-12-10(7-9)3-2-6-17-12/h4-5,7H,2-3,6,8H2,1H3. The predicted molar refractivity (Wildman–Crippen MR) is 66.5 cm³/mol. The smallest absolute Gasteiger partial charge is 0.313 e. The third-order valence-corrected chi connectivity index (χ3v) is 3.97. The molecule has 0 N–H and O–H groups in total. The maximum atomic E-state index is 11.8. The number of Topliss-reactive ketones (excluding diaryl/α,β-unsaturated/α-hetero) is 1. The maximum Gasteiger partial charge on any atom is 0.313 e. The normalized spacial score (nSPS) is 13.9. The van der Waals surface area contributed by atoms with Crippen LogP contribution in [0.5, 0.6) is 0 Å². The van der Waals surface area contributed by atoms with E-state index < -0.39 is 5.97 Å². The largest absolute Gasteiger partial charge is 0.469 e. The molecule has 0 aromatic heterocycles. The van der Waals surface area contributed by atoms with Gasteiger partial charge in [0.25, 0.3) is 0 Å². The fourth-order valence-electron chi connectivity index (χ4n) is 1.84. The van der Waals surface area contributed by atoms with Crippen LogP contribution in [0.2, 0.25) is 0 Å². The molecular weight excluding hydrogens is 236 g/mol. The first-order valence-electron chi connectivity index (χ1n) is 5.56. The Kier molecular flexibility index (Phi) is 3.84. The number of ketones is 1. The molecule has 0 spiro atoms. The van der Waals surface area contributed by atoms with Gasteiger partial charge in [-0.05, 0) is 36.3 Å². The van der Waals surface area contributed by atoms with Crippen LogP contribution in [-0.4, -0.2) is 24.6 Å². The highest BCUT2D eigenvalue weighted by atomic mass is 32.2. The van der Waals surface area contributed by atoms with Crippen molar-refractivity contribution in [1.29, 1.82) is 0 Å². The summed E-state index contributed by atoms with van der Waals surface area (Å²) in [5, 5.41) is 0. The summed E-state index contributed by atoms with van der Waals surface area (Å²) in [6, 6.07) is 5.68. The summed E-state index contributed by atoms with van der Waals surface area (Å²) in [4.78, 5) is 24.1. The fraction of sp³-hybridized carbons (Fsp3) is 0.385. The lowest BCUT2D eigenvalue weighted by Gasteiger charge is -2.15. The summed E-state index contributed by atoms with van der Waals surface area (Å²) < 4.78 is 4.49. The van der Waals surface area contributed by atoms with Crippen LogP contribution < -0.4 is 0 Å². The Morgan fingerprint density at radius 2 is 2.24 bits per heavy atom. The zero-order valence-electron chi connectivity index (χ0n) is 9.69. The van der Waals surface area contributed by atoms with Crippen molar-refractivity contribution in [3.8, 4) is 0 Å². The van der Waals surface area contributed by atoms with Crippen LogP contribution in [0.15, 0.2) is 23.1 Å². The Labute approximate surface area is 105 Å². The lowest BCUT2D eigenvalue weighted by molar-refractivity contribution is -0.139. The van der Waals surface area contributed by atoms with Crippen LogP contribution in [0.4, 0.5) is 0 Å². The molecule has 90 valence electrons. The molecule has 0 saturated heterocycles. The molecule has 3 nitrogen and oxygen atoms in total. The minimum atomic E-state index is -0.484. The van der Waals surface area contributed by atoms with Crippen molar-refractivity contribution >= 4 is 23.5 Å². The topological polar surface area (TPSA) is 43.4 Å². The van der Waals surface area contributed by atoms with Gasteiger partial charge in [-0.3, -0.25) is 9.59 Å². The van der Waals surface area contributed by atoms with E-state index in [1.54, 1.807) is 6.07 Å². The van der Waals surface area contributed by atoms with E-state index in [1.807, 2.05) is 23.9 Å². The zero-order valence-corrected chi connectivity index (χ0v) is 10.5. The SMILES string of the molecule is COC(=O)CC(=O)c1ccc2c(c1)CCCS2. The van der Waals surface area contributed by atoms with E-state index in [-0.39, 0.29) is 12.2 Å². The van der Waals surface area contributed by atoms with Crippen molar-refractivity contribution in [2.24, 2.45) is 0 Å². The maximum absolute atomic E-state index is 11.8.